The first-order valence-electron chi connectivity index (χ1n) is 6.30. The van der Waals surface area contributed by atoms with Crippen LogP contribution in [0.1, 0.15) is 12.8 Å². The zero-order valence-corrected chi connectivity index (χ0v) is 13.4. The van der Waals surface area contributed by atoms with Crippen molar-refractivity contribution < 1.29 is 13.5 Å². The summed E-state index contributed by atoms with van der Waals surface area (Å²) in [6.45, 7) is 0.689. The number of nitrogens with zero attached hydrogens (tertiary/aromatic N) is 3. The monoisotopic (exact) mass is 320 g/mol. The summed E-state index contributed by atoms with van der Waals surface area (Å²) in [6, 6.07) is 0. The van der Waals surface area contributed by atoms with Gasteiger partial charge in [0.1, 0.15) is 5.00 Å². The molecule has 0 radical (unpaired) electrons. The fraction of sp³-hybridized carbons (Fsp3) is 0.727. The van der Waals surface area contributed by atoms with E-state index in [1.807, 2.05) is 11.9 Å². The molecule has 2 rings (SSSR count). The molecule has 0 aromatic carbocycles. The van der Waals surface area contributed by atoms with Crippen molar-refractivity contribution in [1.82, 2.24) is 8.68 Å². The Hall–Kier alpha value is -0.900. The molecular weight excluding hydrogens is 300 g/mol. The number of aromatic nitrogens is 1. The molecule has 20 heavy (non-hydrogen) atoms. The molecule has 1 aromatic heterocycles. The Morgan fingerprint density at radius 2 is 2.00 bits per heavy atom. The van der Waals surface area contributed by atoms with Gasteiger partial charge in [0, 0.05) is 27.7 Å². The Labute approximate surface area is 123 Å². The van der Waals surface area contributed by atoms with Crippen LogP contribution >= 0.6 is 11.5 Å². The highest BCUT2D eigenvalue weighted by molar-refractivity contribution is 7.89. The highest BCUT2D eigenvalue weighted by Gasteiger charge is 2.32. The van der Waals surface area contributed by atoms with Crippen LogP contribution in [-0.2, 0) is 10.0 Å². The molecule has 1 aliphatic rings. The highest BCUT2D eigenvalue weighted by Crippen LogP contribution is 2.37. The molecule has 1 fully saturated rings. The molecule has 0 saturated heterocycles. The van der Waals surface area contributed by atoms with Gasteiger partial charge in [-0.25, -0.2) is 12.7 Å². The first-order chi connectivity index (χ1) is 9.23. The van der Waals surface area contributed by atoms with Gasteiger partial charge in [0.2, 0.25) is 10.0 Å². The van der Waals surface area contributed by atoms with Crippen molar-refractivity contribution in [3.05, 3.63) is 0 Å². The van der Waals surface area contributed by atoms with Gasteiger partial charge in [-0.1, -0.05) is 0 Å². The van der Waals surface area contributed by atoms with Crippen LogP contribution in [0.25, 0.3) is 0 Å². The van der Waals surface area contributed by atoms with Gasteiger partial charge in [-0.2, -0.15) is 4.37 Å². The predicted octanol–water partition coefficient (Wildman–Crippen LogP) is 0.183. The zero-order valence-electron chi connectivity index (χ0n) is 11.8. The largest absolute Gasteiger partial charge is 0.393 e. The van der Waals surface area contributed by atoms with E-state index >= 15 is 0 Å². The summed E-state index contributed by atoms with van der Waals surface area (Å²) >= 11 is 1.09. The molecule has 3 N–H and O–H groups in total. The molecule has 0 atom stereocenters. The van der Waals surface area contributed by atoms with Gasteiger partial charge in [-0.3, -0.25) is 0 Å². The van der Waals surface area contributed by atoms with E-state index in [0.717, 1.165) is 28.7 Å². The summed E-state index contributed by atoms with van der Waals surface area (Å²) in [5, 5.41) is 9.87. The second-order valence-electron chi connectivity index (χ2n) is 5.36. The first-order valence-corrected chi connectivity index (χ1v) is 8.51. The normalized spacial score (nSPS) is 22.9. The van der Waals surface area contributed by atoms with Gasteiger partial charge in [0.05, 0.1) is 6.10 Å². The Morgan fingerprint density at radius 1 is 1.40 bits per heavy atom. The molecule has 1 aliphatic carbocycles. The second-order valence-corrected chi connectivity index (χ2v) is 8.20. The third kappa shape index (κ3) is 2.76. The van der Waals surface area contributed by atoms with Crippen LogP contribution in [-0.4, -0.2) is 56.0 Å². The van der Waals surface area contributed by atoms with Gasteiger partial charge in [-0.15, -0.1) is 0 Å². The Kier molecular flexibility index (Phi) is 4.24. The van der Waals surface area contributed by atoms with Crippen molar-refractivity contribution in [1.29, 1.82) is 0 Å². The summed E-state index contributed by atoms with van der Waals surface area (Å²) in [7, 11) is 1.16. The Balaban J connectivity index is 2.25. The van der Waals surface area contributed by atoms with E-state index < -0.39 is 10.0 Å². The van der Waals surface area contributed by atoms with Crippen LogP contribution in [0.5, 0.6) is 0 Å². The summed E-state index contributed by atoms with van der Waals surface area (Å²) in [5.41, 5.74) is 5.73. The number of nitrogen functional groups attached to an aromatic ring is 1. The number of aliphatic hydroxyl groups excluding tert-OH is 1. The lowest BCUT2D eigenvalue weighted by Crippen LogP contribution is -2.37. The Morgan fingerprint density at radius 3 is 2.50 bits per heavy atom. The number of nitrogens with two attached hydrogens (primary N) is 1. The van der Waals surface area contributed by atoms with Crippen LogP contribution in [0.15, 0.2) is 4.90 Å². The standard InChI is InChI=1S/C11H20N4O3S2/c1-14(2)20(17,18)9-10(12)13-19-11(9)15(3)6-7-4-8(16)5-7/h7-8,16H,4-6H2,1-3H3,(H2,12,13). The fourth-order valence-electron chi connectivity index (χ4n) is 2.27. The zero-order chi connectivity index (χ0) is 15.1. The van der Waals surface area contributed by atoms with Gasteiger partial charge >= 0.3 is 0 Å². The smallest absolute Gasteiger partial charge is 0.249 e. The van der Waals surface area contributed by atoms with Crippen molar-refractivity contribution in [2.24, 2.45) is 5.92 Å². The lowest BCUT2D eigenvalue weighted by molar-refractivity contribution is 0.0465. The van der Waals surface area contributed by atoms with E-state index in [9.17, 15) is 13.5 Å². The van der Waals surface area contributed by atoms with E-state index in [1.54, 1.807) is 0 Å². The van der Waals surface area contributed by atoms with E-state index in [0.29, 0.717) is 17.5 Å². The number of hydrogen-bond donors (Lipinski definition) is 2. The molecule has 114 valence electrons. The van der Waals surface area contributed by atoms with Gasteiger partial charge < -0.3 is 15.7 Å². The third-order valence-corrected chi connectivity index (χ3v) is 6.47. The maximum absolute atomic E-state index is 12.3. The van der Waals surface area contributed by atoms with Crippen LogP contribution in [0, 0.1) is 5.92 Å². The minimum absolute atomic E-state index is 0.0409. The second kappa shape index (κ2) is 5.47. The Bertz CT molecular complexity index is 578. The third-order valence-electron chi connectivity index (χ3n) is 3.49. The highest BCUT2D eigenvalue weighted by atomic mass is 32.2. The molecule has 0 unspecified atom stereocenters. The van der Waals surface area contributed by atoms with Crippen molar-refractivity contribution in [2.75, 3.05) is 38.3 Å². The number of rotatable bonds is 5. The van der Waals surface area contributed by atoms with Crippen molar-refractivity contribution >= 4 is 32.4 Å². The summed E-state index contributed by atoms with van der Waals surface area (Å²) < 4.78 is 29.7. The number of aliphatic hydroxyl groups is 1. The predicted molar refractivity (Wildman–Crippen MR) is 79.4 cm³/mol. The van der Waals surface area contributed by atoms with Crippen LogP contribution < -0.4 is 10.6 Å². The van der Waals surface area contributed by atoms with Gasteiger partial charge in [0.25, 0.3) is 0 Å². The number of anilines is 2. The maximum Gasteiger partial charge on any atom is 0.249 e. The molecular formula is C11H20N4O3S2. The van der Waals surface area contributed by atoms with Crippen LogP contribution in [0.4, 0.5) is 10.8 Å². The lowest BCUT2D eigenvalue weighted by atomic mass is 9.82. The average molecular weight is 320 g/mol. The lowest BCUT2D eigenvalue weighted by Gasteiger charge is -2.34. The van der Waals surface area contributed by atoms with E-state index in [-0.39, 0.29) is 16.8 Å². The van der Waals surface area contributed by atoms with E-state index in [1.165, 1.54) is 14.1 Å². The van der Waals surface area contributed by atoms with Crippen LogP contribution in [0.2, 0.25) is 0 Å². The summed E-state index contributed by atoms with van der Waals surface area (Å²) in [6.07, 6.45) is 1.30. The molecule has 1 heterocycles. The molecule has 9 heteroatoms. The molecule has 0 aliphatic heterocycles. The molecule has 0 amide bonds. The quantitative estimate of drug-likeness (QED) is 0.803. The average Bonchev–Trinajstić information content (AvgIpc) is 2.69. The maximum atomic E-state index is 12.3. The van der Waals surface area contributed by atoms with Crippen molar-refractivity contribution in [3.63, 3.8) is 0 Å². The minimum Gasteiger partial charge on any atom is -0.393 e. The first kappa shape index (κ1) is 15.5. The molecule has 1 aromatic rings. The summed E-state index contributed by atoms with van der Waals surface area (Å²) in [4.78, 5) is 1.94. The van der Waals surface area contributed by atoms with E-state index in [2.05, 4.69) is 4.37 Å². The topological polar surface area (TPSA) is 99.8 Å². The summed E-state index contributed by atoms with van der Waals surface area (Å²) in [5.74, 6) is 0.424. The van der Waals surface area contributed by atoms with Crippen molar-refractivity contribution in [3.8, 4) is 0 Å². The minimum atomic E-state index is -3.61. The number of sulfonamides is 1. The molecule has 1 saturated carbocycles. The van der Waals surface area contributed by atoms with Gasteiger partial charge in [-0.05, 0) is 30.3 Å². The molecule has 0 bridgehead atoms. The van der Waals surface area contributed by atoms with Gasteiger partial charge in [0.15, 0.2) is 10.7 Å². The van der Waals surface area contributed by atoms with Crippen molar-refractivity contribution in [2.45, 2.75) is 23.8 Å². The molecule has 7 nitrogen and oxygen atoms in total. The SMILES string of the molecule is CN(CC1CC(O)C1)c1snc(N)c1S(=O)(=O)N(C)C. The van der Waals surface area contributed by atoms with E-state index in [4.69, 9.17) is 5.73 Å². The number of hydrogen-bond acceptors (Lipinski definition) is 7. The fourth-order valence-corrected chi connectivity index (χ4v) is 4.49. The van der Waals surface area contributed by atoms with Crippen LogP contribution in [0.3, 0.4) is 0 Å². The molecule has 0 spiro atoms.